The van der Waals surface area contributed by atoms with Gasteiger partial charge in [-0.25, -0.2) is 0 Å². The van der Waals surface area contributed by atoms with Crippen LogP contribution in [0.25, 0.3) is 15.7 Å². The average Bonchev–Trinajstić information content (AvgIpc) is 2.95. The molecule has 0 atom stereocenters. The summed E-state index contributed by atoms with van der Waals surface area (Å²) in [6.07, 6.45) is 0. The molecule has 0 radical (unpaired) electrons. The van der Waals surface area contributed by atoms with Crippen LogP contribution in [0.5, 0.6) is 0 Å². The summed E-state index contributed by atoms with van der Waals surface area (Å²) < 4.78 is 6.67. The van der Waals surface area contributed by atoms with E-state index in [1.807, 2.05) is 0 Å². The molecule has 3 N–H and O–H groups in total. The molecule has 0 saturated heterocycles. The van der Waals surface area contributed by atoms with Crippen LogP contribution < -0.4 is 5.73 Å². The van der Waals surface area contributed by atoms with Gasteiger partial charge in [-0.2, -0.15) is 14.7 Å². The number of methoxy groups -OCH3 is 1. The molecule has 3 aromatic heterocycles. The standard InChI is InChI=1S/C8H9N7OS/c1-16-3-6-12-13-8-15(6)14-7(17-8)4-2-5(9)11-10-4/h2H,3H2,1H3,(H3,9,10,11). The summed E-state index contributed by atoms with van der Waals surface area (Å²) in [6, 6.07) is 1.72. The van der Waals surface area contributed by atoms with Crippen molar-refractivity contribution in [1.82, 2.24) is 30.0 Å². The first kappa shape index (κ1) is 10.2. The Hall–Kier alpha value is -2.00. The summed E-state index contributed by atoms with van der Waals surface area (Å²) in [6.45, 7) is 0.370. The Bertz CT molecular complexity index is 654. The van der Waals surface area contributed by atoms with Crippen molar-refractivity contribution in [1.29, 1.82) is 0 Å². The maximum atomic E-state index is 5.54. The first-order valence-corrected chi connectivity index (χ1v) is 5.61. The lowest BCUT2D eigenvalue weighted by atomic mass is 10.4. The molecule has 17 heavy (non-hydrogen) atoms. The van der Waals surface area contributed by atoms with Crippen LogP contribution in [0.15, 0.2) is 6.07 Å². The van der Waals surface area contributed by atoms with Gasteiger partial charge in [-0.15, -0.1) is 10.2 Å². The highest BCUT2D eigenvalue weighted by atomic mass is 32.1. The molecule has 0 aliphatic rings. The molecule has 0 bridgehead atoms. The third kappa shape index (κ3) is 1.65. The lowest BCUT2D eigenvalue weighted by molar-refractivity contribution is 0.176. The summed E-state index contributed by atoms with van der Waals surface area (Å²) in [5.41, 5.74) is 6.31. The van der Waals surface area contributed by atoms with E-state index in [0.717, 1.165) is 10.7 Å². The van der Waals surface area contributed by atoms with E-state index in [1.54, 1.807) is 17.7 Å². The minimum absolute atomic E-state index is 0.370. The van der Waals surface area contributed by atoms with Gasteiger partial charge in [-0.05, 0) is 0 Å². The van der Waals surface area contributed by atoms with Gasteiger partial charge in [0.25, 0.3) is 0 Å². The number of H-pyrrole nitrogens is 1. The van der Waals surface area contributed by atoms with Crippen LogP contribution in [0.2, 0.25) is 0 Å². The van der Waals surface area contributed by atoms with Crippen molar-refractivity contribution in [2.24, 2.45) is 0 Å². The molecular formula is C8H9N7OS. The van der Waals surface area contributed by atoms with E-state index < -0.39 is 0 Å². The quantitative estimate of drug-likeness (QED) is 0.693. The average molecular weight is 251 g/mol. The molecule has 88 valence electrons. The van der Waals surface area contributed by atoms with Crippen LogP contribution in [-0.2, 0) is 11.3 Å². The number of aromatic amines is 1. The fourth-order valence-electron chi connectivity index (χ4n) is 1.43. The maximum absolute atomic E-state index is 5.54. The van der Waals surface area contributed by atoms with E-state index in [4.69, 9.17) is 10.5 Å². The normalized spacial score (nSPS) is 11.4. The number of ether oxygens (including phenoxy) is 1. The van der Waals surface area contributed by atoms with Gasteiger partial charge in [0.15, 0.2) is 10.8 Å². The number of anilines is 1. The first-order chi connectivity index (χ1) is 8.28. The summed E-state index contributed by atoms with van der Waals surface area (Å²) in [7, 11) is 1.60. The lowest BCUT2D eigenvalue weighted by Gasteiger charge is -1.92. The molecule has 0 amide bonds. The third-order valence-electron chi connectivity index (χ3n) is 2.16. The highest BCUT2D eigenvalue weighted by molar-refractivity contribution is 7.19. The van der Waals surface area contributed by atoms with Crippen molar-refractivity contribution in [3.05, 3.63) is 11.9 Å². The van der Waals surface area contributed by atoms with Crippen molar-refractivity contribution in [2.75, 3.05) is 12.8 Å². The number of nitrogens with zero attached hydrogens (tertiary/aromatic N) is 5. The van der Waals surface area contributed by atoms with Gasteiger partial charge in [0, 0.05) is 13.2 Å². The van der Waals surface area contributed by atoms with Crippen molar-refractivity contribution >= 4 is 22.1 Å². The zero-order chi connectivity index (χ0) is 11.8. The second-order valence-corrected chi connectivity index (χ2v) is 4.31. The molecule has 0 fully saturated rings. The molecule has 3 rings (SSSR count). The van der Waals surface area contributed by atoms with Gasteiger partial charge < -0.3 is 10.5 Å². The largest absolute Gasteiger partial charge is 0.382 e. The minimum Gasteiger partial charge on any atom is -0.382 e. The number of hydrogen-bond donors (Lipinski definition) is 2. The number of nitrogens with two attached hydrogens (primary N) is 1. The van der Waals surface area contributed by atoms with Crippen molar-refractivity contribution in [3.8, 4) is 10.7 Å². The summed E-state index contributed by atoms with van der Waals surface area (Å²) in [5, 5.41) is 19.8. The van der Waals surface area contributed by atoms with Crippen LogP contribution in [-0.4, -0.2) is 37.1 Å². The second-order valence-electron chi connectivity index (χ2n) is 3.36. The fourth-order valence-corrected chi connectivity index (χ4v) is 2.26. The van der Waals surface area contributed by atoms with Gasteiger partial charge in [0.05, 0.1) is 5.69 Å². The zero-order valence-electron chi connectivity index (χ0n) is 8.91. The number of hydrogen-bond acceptors (Lipinski definition) is 7. The molecule has 0 aliphatic heterocycles. The number of nitrogens with one attached hydrogen (secondary N) is 1. The second kappa shape index (κ2) is 3.79. The molecule has 0 aliphatic carbocycles. The summed E-state index contributed by atoms with van der Waals surface area (Å²) in [5.74, 6) is 1.10. The molecular weight excluding hydrogens is 242 g/mol. The van der Waals surface area contributed by atoms with E-state index >= 15 is 0 Å². The molecule has 8 nitrogen and oxygen atoms in total. The SMILES string of the molecule is COCc1nnc2sc(-c3cc(N)n[nH]3)nn12. The monoisotopic (exact) mass is 251 g/mol. The van der Waals surface area contributed by atoms with Crippen LogP contribution in [0.4, 0.5) is 5.82 Å². The number of rotatable bonds is 3. The molecule has 9 heteroatoms. The van der Waals surface area contributed by atoms with Gasteiger partial charge in [-0.1, -0.05) is 11.3 Å². The molecule has 0 unspecified atom stereocenters. The Morgan fingerprint density at radius 2 is 2.41 bits per heavy atom. The zero-order valence-corrected chi connectivity index (χ0v) is 9.73. The molecule has 0 spiro atoms. The van der Waals surface area contributed by atoms with Gasteiger partial charge in [-0.3, -0.25) is 5.10 Å². The molecule has 0 saturated carbocycles. The van der Waals surface area contributed by atoms with E-state index in [9.17, 15) is 0 Å². The fraction of sp³-hybridized carbons (Fsp3) is 0.250. The Morgan fingerprint density at radius 1 is 1.53 bits per heavy atom. The Labute approximate surface area is 99.4 Å². The van der Waals surface area contributed by atoms with Crippen LogP contribution in [0.1, 0.15) is 5.82 Å². The summed E-state index contributed by atoms with van der Waals surface area (Å²) >= 11 is 1.41. The molecule has 3 heterocycles. The highest BCUT2D eigenvalue weighted by Gasteiger charge is 2.13. The Balaban J connectivity index is 2.07. The van der Waals surface area contributed by atoms with E-state index in [2.05, 4.69) is 25.5 Å². The van der Waals surface area contributed by atoms with E-state index in [0.29, 0.717) is 23.2 Å². The maximum Gasteiger partial charge on any atom is 0.235 e. The Kier molecular flexibility index (Phi) is 2.27. The minimum atomic E-state index is 0.370. The smallest absolute Gasteiger partial charge is 0.235 e. The highest BCUT2D eigenvalue weighted by Crippen LogP contribution is 2.24. The molecule has 3 aromatic rings. The van der Waals surface area contributed by atoms with E-state index in [1.165, 1.54) is 11.3 Å². The van der Waals surface area contributed by atoms with Crippen molar-refractivity contribution in [2.45, 2.75) is 6.61 Å². The van der Waals surface area contributed by atoms with Crippen LogP contribution in [0, 0.1) is 0 Å². The van der Waals surface area contributed by atoms with Crippen molar-refractivity contribution in [3.63, 3.8) is 0 Å². The predicted octanol–water partition coefficient (Wildman–Crippen LogP) is 0.305. The van der Waals surface area contributed by atoms with Gasteiger partial charge in [0.2, 0.25) is 4.96 Å². The lowest BCUT2D eigenvalue weighted by Crippen LogP contribution is -1.97. The van der Waals surface area contributed by atoms with Crippen LogP contribution in [0.3, 0.4) is 0 Å². The van der Waals surface area contributed by atoms with Gasteiger partial charge in [0.1, 0.15) is 12.4 Å². The van der Waals surface area contributed by atoms with E-state index in [-0.39, 0.29) is 0 Å². The van der Waals surface area contributed by atoms with Gasteiger partial charge >= 0.3 is 0 Å². The van der Waals surface area contributed by atoms with Crippen molar-refractivity contribution < 1.29 is 4.74 Å². The number of aromatic nitrogens is 6. The number of nitrogen functional groups attached to an aromatic ring is 1. The van der Waals surface area contributed by atoms with Crippen LogP contribution >= 0.6 is 11.3 Å². The first-order valence-electron chi connectivity index (χ1n) is 4.79. The molecule has 0 aromatic carbocycles. The third-order valence-corrected chi connectivity index (χ3v) is 3.09. The number of fused-ring (bicyclic) bond motifs is 1. The predicted molar refractivity (Wildman–Crippen MR) is 61.4 cm³/mol. The topological polar surface area (TPSA) is 107 Å². The summed E-state index contributed by atoms with van der Waals surface area (Å²) in [4.78, 5) is 0.709. The Morgan fingerprint density at radius 3 is 3.12 bits per heavy atom.